The van der Waals surface area contributed by atoms with Gasteiger partial charge < -0.3 is 15.3 Å². The van der Waals surface area contributed by atoms with Crippen molar-refractivity contribution in [2.45, 2.75) is 44.8 Å². The molecule has 10 heteroatoms. The molecule has 0 fully saturated rings. The number of aromatic amines is 1. The van der Waals surface area contributed by atoms with Crippen LogP contribution in [0.5, 0.6) is 0 Å². The lowest BCUT2D eigenvalue weighted by atomic mass is 9.91. The molecule has 0 saturated heterocycles. The lowest BCUT2D eigenvalue weighted by Gasteiger charge is -2.18. The first kappa shape index (κ1) is 25.0. The van der Waals surface area contributed by atoms with Crippen LogP contribution in [0.25, 0.3) is 28.2 Å². The SMILES string of the molecule is CC(C)c1nc2c(c(-c3ccc(F)cc3)c1/C=C/C(O)CC(O)CC(=O)O)c(=O)[nH]c(=O)n2C. The van der Waals surface area contributed by atoms with Crippen LogP contribution in [-0.2, 0) is 11.8 Å². The number of aromatic nitrogens is 3. The van der Waals surface area contributed by atoms with E-state index in [-0.39, 0.29) is 23.4 Å². The number of fused-ring (bicyclic) bond motifs is 1. The molecule has 0 saturated carbocycles. The average Bonchev–Trinajstić information content (AvgIpc) is 2.75. The number of aliphatic hydroxyl groups excluding tert-OH is 2. The predicted molar refractivity (Wildman–Crippen MR) is 125 cm³/mol. The number of H-pyrrole nitrogens is 1. The van der Waals surface area contributed by atoms with Crippen molar-refractivity contribution in [3.05, 3.63) is 68.3 Å². The first-order valence-corrected chi connectivity index (χ1v) is 10.7. The van der Waals surface area contributed by atoms with Crippen LogP contribution in [0.3, 0.4) is 0 Å². The average molecular weight is 471 g/mol. The van der Waals surface area contributed by atoms with E-state index in [4.69, 9.17) is 5.11 Å². The van der Waals surface area contributed by atoms with Crippen LogP contribution < -0.4 is 11.2 Å². The van der Waals surface area contributed by atoms with Gasteiger partial charge in [0, 0.05) is 24.6 Å². The minimum atomic E-state index is -1.25. The zero-order valence-corrected chi connectivity index (χ0v) is 18.9. The number of nitrogens with one attached hydrogen (secondary N) is 1. The molecule has 3 rings (SSSR count). The van der Waals surface area contributed by atoms with Gasteiger partial charge in [0.25, 0.3) is 5.56 Å². The van der Waals surface area contributed by atoms with Crippen LogP contribution >= 0.6 is 0 Å². The maximum absolute atomic E-state index is 13.6. The molecule has 0 bridgehead atoms. The van der Waals surface area contributed by atoms with Gasteiger partial charge in [-0.1, -0.05) is 38.1 Å². The number of pyridine rings is 1. The topological polar surface area (TPSA) is 146 Å². The lowest BCUT2D eigenvalue weighted by molar-refractivity contribution is -0.139. The zero-order valence-electron chi connectivity index (χ0n) is 18.9. The predicted octanol–water partition coefficient (Wildman–Crippen LogP) is 2.15. The number of rotatable bonds is 8. The van der Waals surface area contributed by atoms with Crippen molar-refractivity contribution in [1.29, 1.82) is 0 Å². The molecule has 4 N–H and O–H groups in total. The summed E-state index contributed by atoms with van der Waals surface area (Å²) in [4.78, 5) is 42.7. The summed E-state index contributed by atoms with van der Waals surface area (Å²) in [5.74, 6) is -1.81. The van der Waals surface area contributed by atoms with Crippen molar-refractivity contribution in [2.24, 2.45) is 7.05 Å². The molecular weight excluding hydrogens is 445 g/mol. The Morgan fingerprint density at radius 1 is 1.21 bits per heavy atom. The van der Waals surface area contributed by atoms with E-state index >= 15 is 0 Å². The summed E-state index contributed by atoms with van der Waals surface area (Å²) in [5.41, 5.74) is 0.779. The quantitative estimate of drug-likeness (QED) is 0.394. The largest absolute Gasteiger partial charge is 0.481 e. The van der Waals surface area contributed by atoms with Gasteiger partial charge in [-0.3, -0.25) is 19.1 Å². The molecule has 0 amide bonds. The molecule has 2 unspecified atom stereocenters. The van der Waals surface area contributed by atoms with Gasteiger partial charge in [0.1, 0.15) is 11.5 Å². The van der Waals surface area contributed by atoms with Gasteiger partial charge in [0.2, 0.25) is 0 Å². The van der Waals surface area contributed by atoms with Gasteiger partial charge in [-0.05, 0) is 23.6 Å². The first-order chi connectivity index (χ1) is 16.0. The van der Waals surface area contributed by atoms with Gasteiger partial charge in [0.05, 0.1) is 29.7 Å². The van der Waals surface area contributed by atoms with Crippen LogP contribution in [0.15, 0.2) is 39.9 Å². The molecule has 3 aromatic rings. The van der Waals surface area contributed by atoms with E-state index in [1.54, 1.807) is 6.08 Å². The Balaban J connectivity index is 2.29. The van der Waals surface area contributed by atoms with Crippen molar-refractivity contribution in [3.8, 4) is 11.1 Å². The number of aliphatic carboxylic acids is 1. The summed E-state index contributed by atoms with van der Waals surface area (Å²) in [6.45, 7) is 3.75. The smallest absolute Gasteiger partial charge is 0.329 e. The summed E-state index contributed by atoms with van der Waals surface area (Å²) in [5, 5.41) is 29.1. The van der Waals surface area contributed by atoms with Gasteiger partial charge in [-0.2, -0.15) is 0 Å². The number of halogens is 1. The number of carbonyl (C=O) groups is 1. The molecule has 34 heavy (non-hydrogen) atoms. The maximum atomic E-state index is 13.6. The maximum Gasteiger partial charge on any atom is 0.329 e. The second-order valence-corrected chi connectivity index (χ2v) is 8.38. The molecule has 180 valence electrons. The van der Waals surface area contributed by atoms with Gasteiger partial charge in [-0.25, -0.2) is 14.2 Å². The Labute approximate surface area is 193 Å². The van der Waals surface area contributed by atoms with Crippen molar-refractivity contribution in [2.75, 3.05) is 0 Å². The first-order valence-electron chi connectivity index (χ1n) is 10.7. The van der Waals surface area contributed by atoms with Crippen LogP contribution in [0.2, 0.25) is 0 Å². The third kappa shape index (κ3) is 5.29. The molecule has 9 nitrogen and oxygen atoms in total. The highest BCUT2D eigenvalue weighted by Crippen LogP contribution is 2.35. The fourth-order valence-corrected chi connectivity index (χ4v) is 3.78. The third-order valence-electron chi connectivity index (χ3n) is 5.40. The van der Waals surface area contributed by atoms with Crippen molar-refractivity contribution < 1.29 is 24.5 Å². The summed E-state index contributed by atoms with van der Waals surface area (Å²) in [7, 11) is 1.48. The second kappa shape index (κ2) is 10.1. The molecular formula is C24H26FN3O6. The van der Waals surface area contributed by atoms with Crippen LogP contribution in [0.4, 0.5) is 4.39 Å². The van der Waals surface area contributed by atoms with Crippen molar-refractivity contribution in [3.63, 3.8) is 0 Å². The molecule has 2 heterocycles. The fraction of sp³-hybridized carbons (Fsp3) is 0.333. The number of aliphatic hydroxyl groups is 2. The third-order valence-corrected chi connectivity index (χ3v) is 5.40. The number of carboxylic acids is 1. The van der Waals surface area contributed by atoms with E-state index in [1.165, 1.54) is 42.0 Å². The van der Waals surface area contributed by atoms with Crippen LogP contribution in [0, 0.1) is 5.82 Å². The highest BCUT2D eigenvalue weighted by atomic mass is 19.1. The minimum absolute atomic E-state index is 0.123. The van der Waals surface area contributed by atoms with Crippen LogP contribution in [-0.4, -0.2) is 48.0 Å². The summed E-state index contributed by atoms with van der Waals surface area (Å²) in [6.07, 6.45) is -0.215. The highest BCUT2D eigenvalue weighted by molar-refractivity contribution is 5.97. The second-order valence-electron chi connectivity index (χ2n) is 8.38. The molecule has 2 aromatic heterocycles. The van der Waals surface area contributed by atoms with Crippen molar-refractivity contribution >= 4 is 23.1 Å². The summed E-state index contributed by atoms with van der Waals surface area (Å²) >= 11 is 0. The Bertz CT molecular complexity index is 1360. The van der Waals surface area contributed by atoms with E-state index < -0.39 is 41.7 Å². The Morgan fingerprint density at radius 2 is 1.85 bits per heavy atom. The minimum Gasteiger partial charge on any atom is -0.481 e. The van der Waals surface area contributed by atoms with E-state index in [9.17, 15) is 29.0 Å². The Morgan fingerprint density at radius 3 is 2.44 bits per heavy atom. The number of aryl methyl sites for hydroxylation is 1. The number of carboxylic acid groups (broad SMARTS) is 1. The zero-order chi connectivity index (χ0) is 25.2. The molecule has 0 aliphatic heterocycles. The van der Waals surface area contributed by atoms with E-state index in [1.807, 2.05) is 13.8 Å². The summed E-state index contributed by atoms with van der Waals surface area (Å²) in [6, 6.07) is 5.50. The Kier molecular flexibility index (Phi) is 7.43. The molecule has 0 spiro atoms. The highest BCUT2D eigenvalue weighted by Gasteiger charge is 2.22. The molecule has 0 radical (unpaired) electrons. The van der Waals surface area contributed by atoms with Gasteiger partial charge >= 0.3 is 11.7 Å². The lowest BCUT2D eigenvalue weighted by Crippen LogP contribution is -2.30. The number of hydrogen-bond acceptors (Lipinski definition) is 6. The molecule has 0 aliphatic rings. The van der Waals surface area contributed by atoms with E-state index in [0.29, 0.717) is 22.4 Å². The van der Waals surface area contributed by atoms with Crippen molar-refractivity contribution in [1.82, 2.24) is 14.5 Å². The van der Waals surface area contributed by atoms with Crippen LogP contribution in [0.1, 0.15) is 43.9 Å². The number of nitrogens with zero attached hydrogens (tertiary/aromatic N) is 2. The molecule has 0 aliphatic carbocycles. The fourth-order valence-electron chi connectivity index (χ4n) is 3.78. The van der Waals surface area contributed by atoms with Gasteiger partial charge in [0.15, 0.2) is 0 Å². The normalized spacial score (nSPS) is 13.6. The molecule has 2 atom stereocenters. The monoisotopic (exact) mass is 471 g/mol. The standard InChI is InChI=1S/C24H26FN3O6/c1-12(2)21-17(9-8-15(29)10-16(30)11-18(31)32)19(13-4-6-14(25)7-5-13)20-22(26-21)28(3)24(34)27-23(20)33/h4-9,12,15-16,29-30H,10-11H2,1-3H3,(H,31,32)(H,27,33,34)/b9-8+. The van der Waals surface area contributed by atoms with E-state index in [2.05, 4.69) is 9.97 Å². The summed E-state index contributed by atoms with van der Waals surface area (Å²) < 4.78 is 14.9. The van der Waals surface area contributed by atoms with E-state index in [0.717, 1.165) is 0 Å². The Hall–Kier alpha value is -3.63. The molecule has 1 aromatic carbocycles. The van der Waals surface area contributed by atoms with Gasteiger partial charge in [-0.15, -0.1) is 0 Å². The number of hydrogen-bond donors (Lipinski definition) is 4. The number of benzene rings is 1.